The standard InChI is InChI=1S/C14H19BrFNO3/c1-9(2)8-17(6-7-20-3)11-5-4-10(14(18)19)12(15)13(11)16/h4-5,9H,6-8H2,1-3H3,(H,18,19). The van der Waals surface area contributed by atoms with Crippen molar-refractivity contribution < 1.29 is 19.0 Å². The van der Waals surface area contributed by atoms with Gasteiger partial charge < -0.3 is 14.7 Å². The molecule has 0 atom stereocenters. The van der Waals surface area contributed by atoms with Gasteiger partial charge in [0.05, 0.1) is 22.3 Å². The molecule has 0 aliphatic rings. The lowest BCUT2D eigenvalue weighted by Crippen LogP contribution is -2.31. The van der Waals surface area contributed by atoms with E-state index in [0.717, 1.165) is 0 Å². The summed E-state index contributed by atoms with van der Waals surface area (Å²) in [5, 5.41) is 8.98. The Balaban J connectivity index is 3.13. The maximum atomic E-state index is 14.4. The third kappa shape index (κ3) is 4.18. The van der Waals surface area contributed by atoms with Crippen molar-refractivity contribution in [2.75, 3.05) is 31.7 Å². The van der Waals surface area contributed by atoms with Gasteiger partial charge in [0.15, 0.2) is 5.82 Å². The molecule has 112 valence electrons. The van der Waals surface area contributed by atoms with E-state index in [-0.39, 0.29) is 10.0 Å². The molecule has 1 aromatic carbocycles. The van der Waals surface area contributed by atoms with Crippen LogP contribution in [-0.4, -0.2) is 37.9 Å². The Hall–Kier alpha value is -1.14. The van der Waals surface area contributed by atoms with Crippen LogP contribution in [0, 0.1) is 11.7 Å². The number of hydrogen-bond acceptors (Lipinski definition) is 3. The SMILES string of the molecule is COCCN(CC(C)C)c1ccc(C(=O)O)c(Br)c1F. The number of methoxy groups -OCH3 is 1. The van der Waals surface area contributed by atoms with Gasteiger partial charge in [0.25, 0.3) is 0 Å². The van der Waals surface area contributed by atoms with Crippen LogP contribution in [0.25, 0.3) is 0 Å². The topological polar surface area (TPSA) is 49.8 Å². The van der Waals surface area contributed by atoms with Crippen LogP contribution in [0.5, 0.6) is 0 Å². The number of benzene rings is 1. The fourth-order valence-electron chi connectivity index (χ4n) is 1.90. The van der Waals surface area contributed by atoms with Crippen molar-refractivity contribution in [3.05, 3.63) is 28.0 Å². The van der Waals surface area contributed by atoms with E-state index in [1.54, 1.807) is 7.11 Å². The van der Waals surface area contributed by atoms with E-state index in [0.29, 0.717) is 31.3 Å². The van der Waals surface area contributed by atoms with E-state index in [2.05, 4.69) is 15.9 Å². The highest BCUT2D eigenvalue weighted by Gasteiger charge is 2.20. The predicted molar refractivity (Wildman–Crippen MR) is 80.0 cm³/mol. The molecule has 0 aliphatic heterocycles. The van der Waals surface area contributed by atoms with Crippen molar-refractivity contribution in [1.29, 1.82) is 0 Å². The zero-order chi connectivity index (χ0) is 15.3. The summed E-state index contributed by atoms with van der Waals surface area (Å²) in [5.74, 6) is -1.36. The van der Waals surface area contributed by atoms with Crippen LogP contribution >= 0.6 is 15.9 Å². The molecule has 0 aliphatic carbocycles. The fraction of sp³-hybridized carbons (Fsp3) is 0.500. The van der Waals surface area contributed by atoms with Gasteiger partial charge in [-0.1, -0.05) is 13.8 Å². The van der Waals surface area contributed by atoms with Gasteiger partial charge in [-0.3, -0.25) is 0 Å². The molecule has 0 bridgehead atoms. The first kappa shape index (κ1) is 16.9. The van der Waals surface area contributed by atoms with Crippen LogP contribution in [0.2, 0.25) is 0 Å². The van der Waals surface area contributed by atoms with E-state index in [9.17, 15) is 9.18 Å². The number of aromatic carboxylic acids is 1. The minimum Gasteiger partial charge on any atom is -0.478 e. The molecule has 20 heavy (non-hydrogen) atoms. The van der Waals surface area contributed by atoms with Crippen molar-refractivity contribution in [3.8, 4) is 0 Å². The molecule has 0 saturated carbocycles. The molecule has 0 heterocycles. The minimum absolute atomic E-state index is 0.0197. The highest BCUT2D eigenvalue weighted by Crippen LogP contribution is 2.30. The Morgan fingerprint density at radius 1 is 1.50 bits per heavy atom. The number of nitrogens with zero attached hydrogens (tertiary/aromatic N) is 1. The van der Waals surface area contributed by atoms with Crippen LogP contribution in [0.1, 0.15) is 24.2 Å². The Bertz CT molecular complexity index is 480. The Morgan fingerprint density at radius 3 is 2.65 bits per heavy atom. The van der Waals surface area contributed by atoms with Gasteiger partial charge >= 0.3 is 5.97 Å². The van der Waals surface area contributed by atoms with Crippen molar-refractivity contribution in [1.82, 2.24) is 0 Å². The van der Waals surface area contributed by atoms with Crippen molar-refractivity contribution in [3.63, 3.8) is 0 Å². The van der Waals surface area contributed by atoms with E-state index in [4.69, 9.17) is 9.84 Å². The summed E-state index contributed by atoms with van der Waals surface area (Å²) in [6.45, 7) is 5.77. The average molecular weight is 348 g/mol. The normalized spacial score (nSPS) is 10.9. The lowest BCUT2D eigenvalue weighted by atomic mass is 10.1. The first-order chi connectivity index (χ1) is 9.38. The fourth-order valence-corrected chi connectivity index (χ4v) is 2.41. The molecule has 4 nitrogen and oxygen atoms in total. The van der Waals surface area contributed by atoms with E-state index < -0.39 is 11.8 Å². The molecule has 0 aromatic heterocycles. The number of halogens is 2. The van der Waals surface area contributed by atoms with Crippen molar-refractivity contribution >= 4 is 27.6 Å². The number of rotatable bonds is 7. The summed E-state index contributed by atoms with van der Waals surface area (Å²) in [6, 6.07) is 2.91. The molecule has 1 aromatic rings. The van der Waals surface area contributed by atoms with Crippen LogP contribution < -0.4 is 4.90 Å². The number of ether oxygens (including phenoxy) is 1. The van der Waals surface area contributed by atoms with Gasteiger partial charge in [0.1, 0.15) is 0 Å². The largest absolute Gasteiger partial charge is 0.478 e. The molecule has 1 rings (SSSR count). The molecule has 6 heteroatoms. The molecule has 0 amide bonds. The quantitative estimate of drug-likeness (QED) is 0.821. The maximum absolute atomic E-state index is 14.4. The predicted octanol–water partition coefficient (Wildman–Crippen LogP) is 3.40. The van der Waals surface area contributed by atoms with Crippen LogP contribution in [0.15, 0.2) is 16.6 Å². The molecule has 0 spiro atoms. The Kier molecular flexibility index (Phi) is 6.42. The van der Waals surface area contributed by atoms with E-state index in [1.807, 2.05) is 18.7 Å². The number of carbonyl (C=O) groups is 1. The van der Waals surface area contributed by atoms with Gasteiger partial charge in [-0.15, -0.1) is 0 Å². The molecular formula is C14H19BrFNO3. The molecule has 1 N–H and O–H groups in total. The Morgan fingerprint density at radius 2 is 2.15 bits per heavy atom. The molecule has 0 radical (unpaired) electrons. The summed E-state index contributed by atoms with van der Waals surface area (Å²) in [4.78, 5) is 12.8. The zero-order valence-electron chi connectivity index (χ0n) is 11.8. The monoisotopic (exact) mass is 347 g/mol. The lowest BCUT2D eigenvalue weighted by Gasteiger charge is -2.27. The van der Waals surface area contributed by atoms with Gasteiger partial charge in [0.2, 0.25) is 0 Å². The number of carboxylic acid groups (broad SMARTS) is 1. The summed E-state index contributed by atoms with van der Waals surface area (Å²) in [5.41, 5.74) is 0.301. The number of carboxylic acids is 1. The minimum atomic E-state index is -1.16. The summed E-state index contributed by atoms with van der Waals surface area (Å²) in [6.07, 6.45) is 0. The number of hydrogen-bond donors (Lipinski definition) is 1. The Labute approximate surface area is 126 Å². The molecule has 0 saturated heterocycles. The molecular weight excluding hydrogens is 329 g/mol. The smallest absolute Gasteiger partial charge is 0.336 e. The zero-order valence-corrected chi connectivity index (χ0v) is 13.4. The highest BCUT2D eigenvalue weighted by molar-refractivity contribution is 9.10. The van der Waals surface area contributed by atoms with Gasteiger partial charge in [-0.2, -0.15) is 0 Å². The first-order valence-corrected chi connectivity index (χ1v) is 7.13. The summed E-state index contributed by atoms with van der Waals surface area (Å²) in [7, 11) is 1.59. The summed E-state index contributed by atoms with van der Waals surface area (Å²) >= 11 is 3.02. The highest BCUT2D eigenvalue weighted by atomic mass is 79.9. The number of anilines is 1. The van der Waals surface area contributed by atoms with Crippen molar-refractivity contribution in [2.24, 2.45) is 5.92 Å². The summed E-state index contributed by atoms with van der Waals surface area (Å²) < 4.78 is 19.4. The second-order valence-corrected chi connectivity index (χ2v) is 5.69. The molecule has 0 unspecified atom stereocenters. The third-order valence-corrected chi connectivity index (χ3v) is 3.56. The lowest BCUT2D eigenvalue weighted by molar-refractivity contribution is 0.0695. The third-order valence-electron chi connectivity index (χ3n) is 2.78. The second-order valence-electron chi connectivity index (χ2n) is 4.90. The second kappa shape index (κ2) is 7.59. The van der Waals surface area contributed by atoms with Gasteiger partial charge in [0, 0.05) is 20.2 Å². The van der Waals surface area contributed by atoms with Crippen molar-refractivity contribution in [2.45, 2.75) is 13.8 Å². The molecule has 0 fully saturated rings. The van der Waals surface area contributed by atoms with Crippen LogP contribution in [-0.2, 0) is 4.74 Å². The maximum Gasteiger partial charge on any atom is 0.336 e. The average Bonchev–Trinajstić information content (AvgIpc) is 2.37. The van der Waals surface area contributed by atoms with Crippen LogP contribution in [0.3, 0.4) is 0 Å². The van der Waals surface area contributed by atoms with Gasteiger partial charge in [-0.25, -0.2) is 9.18 Å². The van der Waals surface area contributed by atoms with Crippen LogP contribution in [0.4, 0.5) is 10.1 Å². The van der Waals surface area contributed by atoms with E-state index >= 15 is 0 Å². The van der Waals surface area contributed by atoms with E-state index in [1.165, 1.54) is 12.1 Å². The first-order valence-electron chi connectivity index (χ1n) is 6.33. The van der Waals surface area contributed by atoms with Gasteiger partial charge in [-0.05, 0) is 34.0 Å².